The number of benzene rings is 1. The lowest BCUT2D eigenvalue weighted by molar-refractivity contribution is -0.137. The van der Waals surface area contributed by atoms with Crippen LogP contribution in [0.1, 0.15) is 41.6 Å². The van der Waals surface area contributed by atoms with Gasteiger partial charge in [-0.1, -0.05) is 25.0 Å². The molecule has 2 N–H and O–H groups in total. The highest BCUT2D eigenvalue weighted by molar-refractivity contribution is 6.05. The van der Waals surface area contributed by atoms with E-state index in [0.717, 1.165) is 37.8 Å². The highest BCUT2D eigenvalue weighted by atomic mass is 19.4. The van der Waals surface area contributed by atoms with Gasteiger partial charge in [0.15, 0.2) is 5.78 Å². The van der Waals surface area contributed by atoms with Crippen molar-refractivity contribution in [1.82, 2.24) is 10.6 Å². The number of ketones is 1. The molecule has 1 saturated carbocycles. The molecule has 1 aliphatic carbocycles. The molecule has 1 aromatic rings. The summed E-state index contributed by atoms with van der Waals surface area (Å²) < 4.78 is 38.1. The van der Waals surface area contributed by atoms with Gasteiger partial charge in [-0.15, -0.1) is 0 Å². The Bertz CT molecular complexity index is 594. The first-order valence-corrected chi connectivity index (χ1v) is 7.40. The van der Waals surface area contributed by atoms with Gasteiger partial charge in [0.25, 0.3) is 0 Å². The predicted octanol–water partition coefficient (Wildman–Crippen LogP) is 3.23. The van der Waals surface area contributed by atoms with Crippen LogP contribution < -0.4 is 10.6 Å². The summed E-state index contributed by atoms with van der Waals surface area (Å²) in [6.07, 6.45) is 1.32. The van der Waals surface area contributed by atoms with Gasteiger partial charge in [-0.05, 0) is 25.0 Å². The number of allylic oxidation sites excluding steroid dienone is 1. The van der Waals surface area contributed by atoms with E-state index in [1.165, 1.54) is 18.2 Å². The summed E-state index contributed by atoms with van der Waals surface area (Å²) in [6.45, 7) is 0. The normalized spacial score (nSPS) is 26.2. The zero-order valence-corrected chi connectivity index (χ0v) is 11.9. The number of halogens is 3. The topological polar surface area (TPSA) is 41.1 Å². The fraction of sp³-hybridized carbons (Fsp3) is 0.438. The number of alkyl halides is 3. The van der Waals surface area contributed by atoms with Crippen LogP contribution in [0.4, 0.5) is 13.2 Å². The molecule has 2 fully saturated rings. The van der Waals surface area contributed by atoms with Crippen molar-refractivity contribution in [2.24, 2.45) is 0 Å². The molecule has 118 valence electrons. The summed E-state index contributed by atoms with van der Waals surface area (Å²) in [5.74, 6) is 0.180. The highest BCUT2D eigenvalue weighted by Crippen LogP contribution is 2.30. The standard InChI is InChI=1S/C16H17F3N2O/c17-16(18,19)11-5-3-4-10(8-11)14(22)9-15-20-12-6-1-2-7-13(12)21-15/h3-5,8-9,12-13,20-21H,1-2,6-7H2/t12-,13+. The molecule has 1 aromatic carbocycles. The second-order valence-corrected chi connectivity index (χ2v) is 5.79. The molecular formula is C16H17F3N2O. The van der Waals surface area contributed by atoms with E-state index in [9.17, 15) is 18.0 Å². The molecular weight excluding hydrogens is 293 g/mol. The van der Waals surface area contributed by atoms with Gasteiger partial charge in [-0.25, -0.2) is 0 Å². The number of hydrogen-bond donors (Lipinski definition) is 2. The Balaban J connectivity index is 1.76. The third-order valence-electron chi connectivity index (χ3n) is 4.20. The van der Waals surface area contributed by atoms with Crippen LogP contribution in [0.25, 0.3) is 0 Å². The van der Waals surface area contributed by atoms with Crippen molar-refractivity contribution < 1.29 is 18.0 Å². The molecule has 0 unspecified atom stereocenters. The van der Waals surface area contributed by atoms with Gasteiger partial charge >= 0.3 is 6.18 Å². The molecule has 0 aromatic heterocycles. The van der Waals surface area contributed by atoms with Crippen molar-refractivity contribution in [1.29, 1.82) is 0 Å². The van der Waals surface area contributed by atoms with Gasteiger partial charge in [0.1, 0.15) is 5.82 Å². The van der Waals surface area contributed by atoms with Crippen LogP contribution >= 0.6 is 0 Å². The van der Waals surface area contributed by atoms with Gasteiger partial charge in [-0.2, -0.15) is 13.2 Å². The van der Waals surface area contributed by atoms with Crippen LogP contribution in [0.15, 0.2) is 36.2 Å². The van der Waals surface area contributed by atoms with Crippen LogP contribution in [0.3, 0.4) is 0 Å². The molecule has 6 heteroatoms. The number of fused-ring (bicyclic) bond motifs is 1. The lowest BCUT2D eigenvalue weighted by atomic mass is 9.92. The molecule has 0 amide bonds. The number of carbonyl (C=O) groups is 1. The predicted molar refractivity (Wildman–Crippen MR) is 76.2 cm³/mol. The summed E-state index contributed by atoms with van der Waals surface area (Å²) in [5, 5.41) is 6.49. The fourth-order valence-corrected chi connectivity index (χ4v) is 3.06. The van der Waals surface area contributed by atoms with Gasteiger partial charge in [-0.3, -0.25) is 4.79 Å². The van der Waals surface area contributed by atoms with E-state index in [0.29, 0.717) is 17.9 Å². The fourth-order valence-electron chi connectivity index (χ4n) is 3.06. The molecule has 2 aliphatic rings. The second-order valence-electron chi connectivity index (χ2n) is 5.79. The third-order valence-corrected chi connectivity index (χ3v) is 4.20. The Morgan fingerprint density at radius 1 is 1.14 bits per heavy atom. The van der Waals surface area contributed by atoms with Crippen LogP contribution in [0, 0.1) is 0 Å². The molecule has 3 nitrogen and oxygen atoms in total. The SMILES string of the molecule is O=C(C=C1N[C@H]2CCCC[C@H]2N1)c1cccc(C(F)(F)F)c1. The van der Waals surface area contributed by atoms with E-state index in [4.69, 9.17) is 0 Å². The third kappa shape index (κ3) is 3.10. The summed E-state index contributed by atoms with van der Waals surface area (Å²) in [7, 11) is 0. The minimum Gasteiger partial charge on any atom is -0.367 e. The van der Waals surface area contributed by atoms with Crippen LogP contribution in [0.2, 0.25) is 0 Å². The minimum atomic E-state index is -4.44. The summed E-state index contributed by atoms with van der Waals surface area (Å²) >= 11 is 0. The van der Waals surface area contributed by atoms with Crippen LogP contribution in [-0.4, -0.2) is 17.9 Å². The molecule has 1 saturated heterocycles. The van der Waals surface area contributed by atoms with Crippen LogP contribution in [0.5, 0.6) is 0 Å². The molecule has 0 spiro atoms. The van der Waals surface area contributed by atoms with E-state index >= 15 is 0 Å². The minimum absolute atomic E-state index is 0.0424. The van der Waals surface area contributed by atoms with E-state index in [2.05, 4.69) is 10.6 Å². The average Bonchev–Trinajstić information content (AvgIpc) is 2.88. The zero-order valence-electron chi connectivity index (χ0n) is 11.9. The van der Waals surface area contributed by atoms with Gasteiger partial charge < -0.3 is 10.6 Å². The van der Waals surface area contributed by atoms with Gasteiger partial charge in [0.2, 0.25) is 0 Å². The van der Waals surface area contributed by atoms with E-state index in [1.807, 2.05) is 0 Å². The summed E-state index contributed by atoms with van der Waals surface area (Å²) in [5.41, 5.74) is -0.765. The molecule has 0 radical (unpaired) electrons. The molecule has 2 atom stereocenters. The van der Waals surface area contributed by atoms with Crippen LogP contribution in [-0.2, 0) is 6.18 Å². The first kappa shape index (κ1) is 14.9. The molecule has 3 rings (SSSR count). The summed E-state index contributed by atoms with van der Waals surface area (Å²) in [6, 6.07) is 5.13. The Morgan fingerprint density at radius 2 is 1.77 bits per heavy atom. The number of carbonyl (C=O) groups excluding carboxylic acids is 1. The van der Waals surface area contributed by atoms with E-state index in [1.54, 1.807) is 0 Å². The van der Waals surface area contributed by atoms with Gasteiger partial charge in [0, 0.05) is 23.7 Å². The molecule has 0 bridgehead atoms. The first-order chi connectivity index (χ1) is 10.4. The Labute approximate surface area is 126 Å². The number of hydrogen-bond acceptors (Lipinski definition) is 3. The number of nitrogens with one attached hydrogen (secondary N) is 2. The average molecular weight is 310 g/mol. The van der Waals surface area contributed by atoms with Crippen molar-refractivity contribution in [2.45, 2.75) is 43.9 Å². The van der Waals surface area contributed by atoms with Crippen molar-refractivity contribution in [3.05, 3.63) is 47.3 Å². The van der Waals surface area contributed by atoms with E-state index < -0.39 is 17.5 Å². The molecule has 22 heavy (non-hydrogen) atoms. The van der Waals surface area contributed by atoms with Crippen molar-refractivity contribution in [2.75, 3.05) is 0 Å². The Kier molecular flexibility index (Phi) is 3.85. The second kappa shape index (κ2) is 5.66. The maximum Gasteiger partial charge on any atom is 0.416 e. The van der Waals surface area contributed by atoms with E-state index in [-0.39, 0.29) is 5.56 Å². The smallest absolute Gasteiger partial charge is 0.367 e. The summed E-state index contributed by atoms with van der Waals surface area (Å²) in [4.78, 5) is 12.2. The molecule has 1 aliphatic heterocycles. The first-order valence-electron chi connectivity index (χ1n) is 7.40. The monoisotopic (exact) mass is 310 g/mol. The highest BCUT2D eigenvalue weighted by Gasteiger charge is 2.32. The lowest BCUT2D eigenvalue weighted by Crippen LogP contribution is -2.36. The molecule has 1 heterocycles. The zero-order chi connectivity index (χ0) is 15.7. The van der Waals surface area contributed by atoms with Gasteiger partial charge in [0.05, 0.1) is 5.56 Å². The van der Waals surface area contributed by atoms with Crippen molar-refractivity contribution in [3.8, 4) is 0 Å². The lowest BCUT2D eigenvalue weighted by Gasteiger charge is -2.23. The Hall–Kier alpha value is -1.98. The largest absolute Gasteiger partial charge is 0.416 e. The van der Waals surface area contributed by atoms with Crippen molar-refractivity contribution in [3.63, 3.8) is 0 Å². The Morgan fingerprint density at radius 3 is 2.36 bits per heavy atom. The number of rotatable bonds is 2. The maximum atomic E-state index is 12.7. The quantitative estimate of drug-likeness (QED) is 0.651. The maximum absolute atomic E-state index is 12.7. The van der Waals surface area contributed by atoms with Crippen molar-refractivity contribution >= 4 is 5.78 Å².